The van der Waals surface area contributed by atoms with Crippen LogP contribution in [0.3, 0.4) is 0 Å². The molecule has 3 fully saturated rings. The standard InChI is InChI=1S/C16H22N4O2/c21-15-16(22)13(10-20(15)12-6-2-1-3-7-12)14(18-19-16)11-5-4-8-17-9-11/h4-5,8-9,12-14,18-19,22H,1-3,6-7,10H2/t13-,14+,16-/m0/s1. The fraction of sp³-hybridized carbons (Fsp3) is 0.625. The third-order valence-electron chi connectivity index (χ3n) is 5.40. The lowest BCUT2D eigenvalue weighted by atomic mass is 9.90. The van der Waals surface area contributed by atoms with Gasteiger partial charge in [0.15, 0.2) is 0 Å². The number of hydrogen-bond acceptors (Lipinski definition) is 5. The lowest BCUT2D eigenvalue weighted by Crippen LogP contribution is -2.54. The first-order valence-corrected chi connectivity index (χ1v) is 8.16. The molecular formula is C16H22N4O2. The van der Waals surface area contributed by atoms with Gasteiger partial charge in [-0.1, -0.05) is 25.3 Å². The van der Waals surface area contributed by atoms with E-state index in [1.54, 1.807) is 12.4 Å². The van der Waals surface area contributed by atoms with Crippen LogP contribution in [-0.4, -0.2) is 39.2 Å². The number of aliphatic hydroxyl groups is 1. The zero-order valence-corrected chi connectivity index (χ0v) is 12.5. The maximum absolute atomic E-state index is 12.7. The van der Waals surface area contributed by atoms with E-state index in [0.717, 1.165) is 18.4 Å². The van der Waals surface area contributed by atoms with Crippen LogP contribution in [-0.2, 0) is 4.79 Å². The van der Waals surface area contributed by atoms with Crippen LogP contribution in [0.15, 0.2) is 24.5 Å². The molecular weight excluding hydrogens is 280 g/mol. The molecule has 0 aromatic carbocycles. The Morgan fingerprint density at radius 3 is 2.86 bits per heavy atom. The number of aromatic nitrogens is 1. The van der Waals surface area contributed by atoms with E-state index in [4.69, 9.17) is 0 Å². The quantitative estimate of drug-likeness (QED) is 0.750. The van der Waals surface area contributed by atoms with E-state index in [0.29, 0.717) is 6.54 Å². The van der Waals surface area contributed by atoms with Gasteiger partial charge in [0.1, 0.15) is 0 Å². The third-order valence-corrected chi connectivity index (χ3v) is 5.40. The Morgan fingerprint density at radius 2 is 2.14 bits per heavy atom. The minimum absolute atomic E-state index is 0.101. The maximum atomic E-state index is 12.7. The van der Waals surface area contributed by atoms with Gasteiger partial charge in [-0.3, -0.25) is 9.78 Å². The molecule has 6 nitrogen and oxygen atoms in total. The van der Waals surface area contributed by atoms with Crippen LogP contribution >= 0.6 is 0 Å². The Labute approximate surface area is 129 Å². The molecule has 0 radical (unpaired) electrons. The molecule has 3 atom stereocenters. The van der Waals surface area contributed by atoms with Crippen molar-refractivity contribution in [1.82, 2.24) is 20.7 Å². The highest BCUT2D eigenvalue weighted by Gasteiger charge is 2.61. The van der Waals surface area contributed by atoms with E-state index >= 15 is 0 Å². The average Bonchev–Trinajstić information content (AvgIpc) is 3.03. The Balaban J connectivity index is 1.59. The summed E-state index contributed by atoms with van der Waals surface area (Å²) in [6.07, 6.45) is 9.24. The van der Waals surface area contributed by atoms with E-state index in [1.165, 1.54) is 19.3 Å². The van der Waals surface area contributed by atoms with Crippen LogP contribution in [0.4, 0.5) is 0 Å². The molecule has 1 aromatic rings. The molecule has 2 saturated heterocycles. The number of hydrazine groups is 1. The van der Waals surface area contributed by atoms with Crippen molar-refractivity contribution in [3.8, 4) is 0 Å². The first kappa shape index (κ1) is 14.1. The maximum Gasteiger partial charge on any atom is 0.271 e. The molecule has 1 saturated carbocycles. The van der Waals surface area contributed by atoms with Crippen molar-refractivity contribution in [2.75, 3.05) is 6.54 Å². The molecule has 22 heavy (non-hydrogen) atoms. The molecule has 2 aliphatic heterocycles. The molecule has 0 unspecified atom stereocenters. The number of carbonyl (C=O) groups is 1. The molecule has 3 aliphatic rings. The van der Waals surface area contributed by atoms with E-state index < -0.39 is 5.72 Å². The Hall–Kier alpha value is -1.50. The van der Waals surface area contributed by atoms with E-state index in [-0.39, 0.29) is 23.9 Å². The third kappa shape index (κ3) is 2.06. The molecule has 3 N–H and O–H groups in total. The first-order chi connectivity index (χ1) is 10.7. The summed E-state index contributed by atoms with van der Waals surface area (Å²) in [4.78, 5) is 18.8. The van der Waals surface area contributed by atoms with Crippen LogP contribution in [0.2, 0.25) is 0 Å². The van der Waals surface area contributed by atoms with Gasteiger partial charge in [0.25, 0.3) is 5.91 Å². The van der Waals surface area contributed by atoms with Crippen LogP contribution in [0.25, 0.3) is 0 Å². The highest BCUT2D eigenvalue weighted by molar-refractivity contribution is 5.88. The summed E-state index contributed by atoms with van der Waals surface area (Å²) in [5.74, 6) is -0.366. The summed E-state index contributed by atoms with van der Waals surface area (Å²) in [5.41, 5.74) is 5.44. The fourth-order valence-corrected chi connectivity index (χ4v) is 4.17. The van der Waals surface area contributed by atoms with Gasteiger partial charge in [0, 0.05) is 25.0 Å². The summed E-state index contributed by atoms with van der Waals surface area (Å²) >= 11 is 0. The van der Waals surface area contributed by atoms with Crippen molar-refractivity contribution in [2.24, 2.45) is 5.92 Å². The molecule has 1 amide bonds. The second kappa shape index (κ2) is 5.30. The second-order valence-electron chi connectivity index (χ2n) is 6.66. The predicted octanol–water partition coefficient (Wildman–Crippen LogP) is 0.710. The van der Waals surface area contributed by atoms with Gasteiger partial charge in [-0.15, -0.1) is 0 Å². The normalized spacial score (nSPS) is 35.9. The van der Waals surface area contributed by atoms with Crippen molar-refractivity contribution < 1.29 is 9.90 Å². The Kier molecular flexibility index (Phi) is 3.40. The van der Waals surface area contributed by atoms with Crippen LogP contribution < -0.4 is 10.9 Å². The van der Waals surface area contributed by atoms with Crippen LogP contribution in [0.5, 0.6) is 0 Å². The number of nitrogens with one attached hydrogen (secondary N) is 2. The number of hydrogen-bond donors (Lipinski definition) is 3. The Morgan fingerprint density at radius 1 is 1.32 bits per heavy atom. The summed E-state index contributed by atoms with van der Waals surface area (Å²) in [6, 6.07) is 4.04. The smallest absolute Gasteiger partial charge is 0.271 e. The molecule has 0 bridgehead atoms. The summed E-state index contributed by atoms with van der Waals surface area (Å²) in [6.45, 7) is 0.597. The molecule has 4 rings (SSSR count). The molecule has 1 aliphatic carbocycles. The highest BCUT2D eigenvalue weighted by atomic mass is 16.3. The topological polar surface area (TPSA) is 77.5 Å². The first-order valence-electron chi connectivity index (χ1n) is 8.16. The zero-order valence-electron chi connectivity index (χ0n) is 12.5. The lowest BCUT2D eigenvalue weighted by molar-refractivity contribution is -0.149. The lowest BCUT2D eigenvalue weighted by Gasteiger charge is -2.32. The van der Waals surface area contributed by atoms with Gasteiger partial charge in [0.05, 0.1) is 12.0 Å². The SMILES string of the molecule is O=C1N(C2CCCCC2)C[C@H]2[C@@H](c3cccnc3)NN[C@@]12O. The number of fused-ring (bicyclic) bond motifs is 1. The summed E-state index contributed by atoms with van der Waals surface area (Å²) < 4.78 is 0. The number of pyridine rings is 1. The van der Waals surface area contributed by atoms with E-state index in [9.17, 15) is 9.90 Å². The van der Waals surface area contributed by atoms with Gasteiger partial charge in [-0.05, 0) is 24.5 Å². The predicted molar refractivity (Wildman–Crippen MR) is 80.3 cm³/mol. The fourth-order valence-electron chi connectivity index (χ4n) is 4.17. The van der Waals surface area contributed by atoms with Gasteiger partial charge in [0.2, 0.25) is 5.72 Å². The van der Waals surface area contributed by atoms with Crippen molar-refractivity contribution in [3.63, 3.8) is 0 Å². The number of nitrogens with zero attached hydrogens (tertiary/aromatic N) is 2. The molecule has 118 valence electrons. The molecule has 3 heterocycles. The van der Waals surface area contributed by atoms with Crippen molar-refractivity contribution in [1.29, 1.82) is 0 Å². The number of rotatable bonds is 2. The monoisotopic (exact) mass is 302 g/mol. The Bertz CT molecular complexity index is 561. The summed E-state index contributed by atoms with van der Waals surface area (Å²) in [5, 5.41) is 10.8. The number of amides is 1. The molecule has 1 aromatic heterocycles. The average molecular weight is 302 g/mol. The number of likely N-dealkylation sites (tertiary alicyclic amines) is 1. The zero-order chi connectivity index (χ0) is 15.2. The van der Waals surface area contributed by atoms with Gasteiger partial charge >= 0.3 is 0 Å². The van der Waals surface area contributed by atoms with Crippen molar-refractivity contribution >= 4 is 5.91 Å². The van der Waals surface area contributed by atoms with Crippen molar-refractivity contribution in [2.45, 2.75) is 49.9 Å². The largest absolute Gasteiger partial charge is 0.366 e. The van der Waals surface area contributed by atoms with Gasteiger partial charge in [-0.25, -0.2) is 10.9 Å². The second-order valence-corrected chi connectivity index (χ2v) is 6.66. The van der Waals surface area contributed by atoms with Gasteiger partial charge in [-0.2, -0.15) is 0 Å². The number of carbonyl (C=O) groups excluding carboxylic acids is 1. The molecule has 0 spiro atoms. The van der Waals surface area contributed by atoms with Crippen molar-refractivity contribution in [3.05, 3.63) is 30.1 Å². The van der Waals surface area contributed by atoms with E-state index in [2.05, 4.69) is 15.8 Å². The minimum atomic E-state index is -1.49. The van der Waals surface area contributed by atoms with Gasteiger partial charge < -0.3 is 10.0 Å². The van der Waals surface area contributed by atoms with Crippen LogP contribution in [0, 0.1) is 5.92 Å². The highest BCUT2D eigenvalue weighted by Crippen LogP contribution is 2.42. The summed E-state index contributed by atoms with van der Waals surface area (Å²) in [7, 11) is 0. The van der Waals surface area contributed by atoms with Crippen LogP contribution in [0.1, 0.15) is 43.7 Å². The molecule has 6 heteroatoms. The van der Waals surface area contributed by atoms with E-state index in [1.807, 2.05) is 17.0 Å². The minimum Gasteiger partial charge on any atom is -0.366 e.